The molecule has 0 atom stereocenters. The van der Waals surface area contributed by atoms with E-state index < -0.39 is 20.6 Å². The first-order valence-electron chi connectivity index (χ1n) is 17.1. The Hall–Kier alpha value is -3.82. The third-order valence-electron chi connectivity index (χ3n) is 6.42. The Bertz CT molecular complexity index is 2040. The van der Waals surface area contributed by atoms with Crippen molar-refractivity contribution >= 4 is 11.8 Å². The number of aryl methyl sites for hydroxylation is 3. The quantitative estimate of drug-likeness (QED) is 0.166. The summed E-state index contributed by atoms with van der Waals surface area (Å²) >= 11 is 1.74. The van der Waals surface area contributed by atoms with Crippen LogP contribution in [0.4, 0.5) is 0 Å². The van der Waals surface area contributed by atoms with Crippen LogP contribution in [0.5, 0.6) is 0 Å². The molecule has 1 aliphatic heterocycles. The van der Waals surface area contributed by atoms with Crippen LogP contribution in [-0.4, -0.2) is 9.97 Å². The second-order valence-corrected chi connectivity index (χ2v) is 10.2. The fourth-order valence-corrected chi connectivity index (χ4v) is 5.67. The van der Waals surface area contributed by atoms with Crippen LogP contribution in [0.3, 0.4) is 0 Å². The van der Waals surface area contributed by atoms with Crippen molar-refractivity contribution in [2.75, 3.05) is 0 Å². The van der Waals surface area contributed by atoms with Crippen molar-refractivity contribution in [3.63, 3.8) is 0 Å². The molecule has 2 nitrogen and oxygen atoms in total. The number of hydrogen-bond acceptors (Lipinski definition) is 3. The maximum atomic E-state index is 7.58. The molecule has 41 heavy (non-hydrogen) atoms. The van der Waals surface area contributed by atoms with Gasteiger partial charge in [0.05, 0.1) is 0 Å². The molecule has 4 aromatic carbocycles. The molecule has 7 rings (SSSR count). The summed E-state index contributed by atoms with van der Waals surface area (Å²) in [5.41, 5.74) is 7.99. The van der Waals surface area contributed by atoms with Crippen LogP contribution in [0.25, 0.3) is 44.8 Å². The molecular formula is C37H28IrN2S-2. The van der Waals surface area contributed by atoms with E-state index in [9.17, 15) is 0 Å². The number of hydrogen-bond donors (Lipinski definition) is 0. The van der Waals surface area contributed by atoms with Crippen LogP contribution in [0.2, 0.25) is 0 Å². The zero-order valence-electron chi connectivity index (χ0n) is 30.6. The minimum atomic E-state index is -2.18. The number of nitrogens with zero attached hydrogens (tertiary/aromatic N) is 2. The molecule has 2 aromatic heterocycles. The van der Waals surface area contributed by atoms with E-state index in [0.717, 1.165) is 27.3 Å². The van der Waals surface area contributed by atoms with Gasteiger partial charge in [-0.3, -0.25) is 0 Å². The molecule has 0 amide bonds. The van der Waals surface area contributed by atoms with Gasteiger partial charge in [-0.2, -0.15) is 0 Å². The van der Waals surface area contributed by atoms with Crippen LogP contribution in [0.1, 0.15) is 29.0 Å². The molecule has 6 aromatic rings. The van der Waals surface area contributed by atoms with E-state index >= 15 is 0 Å². The maximum absolute atomic E-state index is 7.58. The van der Waals surface area contributed by atoms with E-state index in [2.05, 4.69) is 70.6 Å². The van der Waals surface area contributed by atoms with E-state index in [-0.39, 0.29) is 36.8 Å². The number of rotatable bonds is 2. The smallest absolute Gasteiger partial charge is 0.0280 e. The third-order valence-corrected chi connectivity index (χ3v) is 7.56. The minimum absolute atomic E-state index is 0. The third kappa shape index (κ3) is 6.26. The summed E-state index contributed by atoms with van der Waals surface area (Å²) < 4.78 is 66.4. The Morgan fingerprint density at radius 2 is 1.27 bits per heavy atom. The maximum Gasteiger partial charge on any atom is 0.0280 e. The molecule has 0 aliphatic carbocycles. The molecule has 0 fully saturated rings. The second-order valence-electron chi connectivity index (χ2n) is 9.09. The van der Waals surface area contributed by atoms with Gasteiger partial charge in [-0.1, -0.05) is 89.6 Å². The molecule has 0 bridgehead atoms. The number of aromatic nitrogens is 2. The summed E-state index contributed by atoms with van der Waals surface area (Å²) in [6.45, 7) is -6.50. The van der Waals surface area contributed by atoms with Gasteiger partial charge in [0, 0.05) is 49.7 Å². The predicted molar refractivity (Wildman–Crippen MR) is 166 cm³/mol. The van der Waals surface area contributed by atoms with Crippen LogP contribution in [-0.2, 0) is 20.1 Å². The summed E-state index contributed by atoms with van der Waals surface area (Å²) in [6, 6.07) is 38.0. The summed E-state index contributed by atoms with van der Waals surface area (Å²) in [5, 5.41) is 0. The van der Waals surface area contributed by atoms with Crippen molar-refractivity contribution < 1.29 is 32.4 Å². The molecule has 4 heteroatoms. The normalized spacial score (nSPS) is 15.2. The molecule has 0 N–H and O–H groups in total. The fraction of sp³-hybridized carbons (Fsp3) is 0.0811. The molecule has 0 saturated heterocycles. The van der Waals surface area contributed by atoms with Gasteiger partial charge in [0.15, 0.2) is 0 Å². The SMILES string of the molecule is [2H]C([2H])([2H])c1c[c-]c(-c2ccc(C([2H])([2H])[2H])cn2)cc1.[2H]C([2H])([2H])c1ccc(-c2[c-]ccc3c2-c2ccccc2-c2ccccc2S3)nc1.[Ir]. The van der Waals surface area contributed by atoms with Gasteiger partial charge in [-0.25, -0.2) is 0 Å². The van der Waals surface area contributed by atoms with Crippen molar-refractivity contribution in [2.24, 2.45) is 0 Å². The average Bonchev–Trinajstić information content (AvgIpc) is 3.22. The topological polar surface area (TPSA) is 25.8 Å². The fourth-order valence-electron chi connectivity index (χ4n) is 4.55. The first-order valence-corrected chi connectivity index (χ1v) is 13.4. The van der Waals surface area contributed by atoms with Crippen molar-refractivity contribution in [1.29, 1.82) is 0 Å². The molecule has 203 valence electrons. The van der Waals surface area contributed by atoms with Crippen molar-refractivity contribution in [3.8, 4) is 44.8 Å². The Kier molecular flexibility index (Phi) is 6.03. The van der Waals surface area contributed by atoms with E-state index in [0.29, 0.717) is 11.3 Å². The summed E-state index contributed by atoms with van der Waals surface area (Å²) in [5.74, 6) is 0. The van der Waals surface area contributed by atoms with E-state index in [1.165, 1.54) is 46.6 Å². The van der Waals surface area contributed by atoms with Crippen LogP contribution >= 0.6 is 11.8 Å². The van der Waals surface area contributed by atoms with Gasteiger partial charge in [-0.15, -0.1) is 70.9 Å². The van der Waals surface area contributed by atoms with Gasteiger partial charge < -0.3 is 9.97 Å². The van der Waals surface area contributed by atoms with Crippen LogP contribution in [0.15, 0.2) is 125 Å². The average molecular weight is 734 g/mol. The number of pyridine rings is 2. The van der Waals surface area contributed by atoms with Crippen molar-refractivity contribution in [1.82, 2.24) is 9.97 Å². The van der Waals surface area contributed by atoms with E-state index in [1.807, 2.05) is 12.1 Å². The molecule has 3 heterocycles. The minimum Gasteiger partial charge on any atom is -0.304 e. The Labute approximate surface area is 272 Å². The van der Waals surface area contributed by atoms with Crippen molar-refractivity contribution in [3.05, 3.63) is 144 Å². The van der Waals surface area contributed by atoms with Crippen LogP contribution < -0.4 is 0 Å². The van der Waals surface area contributed by atoms with Gasteiger partial charge in [-0.05, 0) is 53.4 Å². The Balaban J connectivity index is 0.000000204. The van der Waals surface area contributed by atoms with E-state index in [1.54, 1.807) is 36.0 Å². The van der Waals surface area contributed by atoms with Gasteiger partial charge in [0.2, 0.25) is 0 Å². The van der Waals surface area contributed by atoms with E-state index in [4.69, 9.17) is 12.3 Å². The second kappa shape index (κ2) is 12.8. The standard InChI is InChI=1S/C24H16NS.C13H12N.Ir/c1-16-13-14-21(25-15-16)20-10-6-12-23-24(20)19-9-3-2-7-17(19)18-8-4-5-11-22(18)26-23;1-10-3-6-12(7-4-10)13-8-5-11(2)9-14-13;/h2-9,11-15H,1H3;3-6,8-9H,1-2H3;/q2*-1;/i1D3;1D3,2D3;. The molecule has 0 unspecified atom stereocenters. The molecule has 1 aliphatic rings. The summed E-state index contributed by atoms with van der Waals surface area (Å²) in [7, 11) is 0. The predicted octanol–water partition coefficient (Wildman–Crippen LogP) is 9.82. The van der Waals surface area contributed by atoms with Crippen LogP contribution in [0, 0.1) is 32.7 Å². The zero-order chi connectivity index (χ0) is 35.0. The first-order chi connectivity index (χ1) is 23.2. The monoisotopic (exact) mass is 734 g/mol. The molecule has 1 radical (unpaired) electrons. The first kappa shape index (κ1) is 19.3. The molecular weight excluding hydrogens is 697 g/mol. The Morgan fingerprint density at radius 1 is 0.610 bits per heavy atom. The number of fused-ring (bicyclic) bond motifs is 5. The molecule has 0 saturated carbocycles. The largest absolute Gasteiger partial charge is 0.304 e. The zero-order valence-corrected chi connectivity index (χ0v) is 24.8. The summed E-state index contributed by atoms with van der Waals surface area (Å²) in [6.07, 6.45) is 2.74. The number of benzene rings is 4. The van der Waals surface area contributed by atoms with Gasteiger partial charge in [0.1, 0.15) is 0 Å². The van der Waals surface area contributed by atoms with Gasteiger partial charge in [0.25, 0.3) is 0 Å². The summed E-state index contributed by atoms with van der Waals surface area (Å²) in [4.78, 5) is 10.9. The molecule has 0 spiro atoms. The van der Waals surface area contributed by atoms with Gasteiger partial charge >= 0.3 is 0 Å². The van der Waals surface area contributed by atoms with Crippen molar-refractivity contribution in [2.45, 2.75) is 30.3 Å². The Morgan fingerprint density at radius 3 is 1.93 bits per heavy atom.